The zero-order valence-corrected chi connectivity index (χ0v) is 4.07. The van der Waals surface area contributed by atoms with Crippen LogP contribution in [0.1, 0.15) is 0 Å². The maximum Gasteiger partial charge on any atom is 0.249 e. The molecule has 0 amide bonds. The van der Waals surface area contributed by atoms with E-state index in [4.69, 9.17) is 11.8 Å². The first-order chi connectivity index (χ1) is 2.89. The van der Waals surface area contributed by atoms with Gasteiger partial charge >= 0.3 is 0 Å². The average Bonchev–Trinajstić information content (AvgIpc) is 1.86. The molecule has 1 aliphatic heterocycles. The summed E-state index contributed by atoms with van der Waals surface area (Å²) >= 11 is 5.43. The Morgan fingerprint density at radius 2 is 2.67 bits per heavy atom. The lowest BCUT2D eigenvalue weighted by Gasteiger charge is -1.72. The molecule has 3 heteroatoms. The van der Waals surface area contributed by atoms with Gasteiger partial charge < -0.3 is 0 Å². The van der Waals surface area contributed by atoms with Gasteiger partial charge in [-0.1, -0.05) is 0 Å². The van der Waals surface area contributed by atoms with Gasteiger partial charge in [0, 0.05) is 0 Å². The SMILES string of the molecule is Cl[N+]1=CNCC1. The van der Waals surface area contributed by atoms with Gasteiger partial charge in [0.05, 0.1) is 0 Å². The number of halogens is 1. The molecule has 0 saturated carbocycles. The third kappa shape index (κ3) is 0.627. The van der Waals surface area contributed by atoms with E-state index in [2.05, 4.69) is 5.32 Å². The van der Waals surface area contributed by atoms with Crippen molar-refractivity contribution < 1.29 is 4.09 Å². The highest BCUT2D eigenvalue weighted by molar-refractivity contribution is 6.06. The Hall–Kier alpha value is -0.240. The van der Waals surface area contributed by atoms with Crippen LogP contribution in [0.4, 0.5) is 0 Å². The van der Waals surface area contributed by atoms with Gasteiger partial charge in [0.15, 0.2) is 0 Å². The monoisotopic (exact) mass is 105 g/mol. The van der Waals surface area contributed by atoms with Crippen LogP contribution in [-0.2, 0) is 0 Å². The molecule has 0 aromatic carbocycles. The first-order valence-corrected chi connectivity index (χ1v) is 2.22. The standard InChI is InChI=1S/C3H5ClN2/c4-6-2-1-5-3-6/h3H,1-2H2/p+1. The van der Waals surface area contributed by atoms with Crippen LogP contribution in [0.2, 0.25) is 0 Å². The predicted octanol–water partition coefficient (Wildman–Crippen LogP) is -0.216. The van der Waals surface area contributed by atoms with Crippen LogP contribution in [0.3, 0.4) is 0 Å². The smallest absolute Gasteiger partial charge is 0.249 e. The first kappa shape index (κ1) is 3.93. The van der Waals surface area contributed by atoms with Crippen LogP contribution >= 0.6 is 11.8 Å². The van der Waals surface area contributed by atoms with E-state index in [1.807, 2.05) is 0 Å². The Morgan fingerprint density at radius 1 is 1.83 bits per heavy atom. The van der Waals surface area contributed by atoms with Crippen LogP contribution in [-0.4, -0.2) is 23.5 Å². The molecule has 0 aromatic heterocycles. The summed E-state index contributed by atoms with van der Waals surface area (Å²) < 4.78 is 1.60. The second-order valence-electron chi connectivity index (χ2n) is 1.21. The van der Waals surface area contributed by atoms with E-state index in [-0.39, 0.29) is 0 Å². The van der Waals surface area contributed by atoms with Crippen molar-refractivity contribution >= 4 is 18.1 Å². The molecule has 0 bridgehead atoms. The Balaban J connectivity index is 2.45. The van der Waals surface area contributed by atoms with Crippen molar-refractivity contribution in [2.75, 3.05) is 13.1 Å². The largest absolute Gasteiger partial charge is 0.276 e. The average molecular weight is 106 g/mol. The fourth-order valence-corrected chi connectivity index (χ4v) is 0.553. The second kappa shape index (κ2) is 1.47. The highest BCUT2D eigenvalue weighted by Crippen LogP contribution is 1.80. The fraction of sp³-hybridized carbons (Fsp3) is 0.667. The van der Waals surface area contributed by atoms with Crippen molar-refractivity contribution in [2.45, 2.75) is 0 Å². The van der Waals surface area contributed by atoms with E-state index in [1.54, 1.807) is 10.4 Å². The first-order valence-electron chi connectivity index (χ1n) is 1.89. The van der Waals surface area contributed by atoms with Crippen LogP contribution in [0.5, 0.6) is 0 Å². The van der Waals surface area contributed by atoms with E-state index in [0.29, 0.717) is 0 Å². The van der Waals surface area contributed by atoms with Gasteiger partial charge in [0.1, 0.15) is 24.9 Å². The molecule has 0 aromatic rings. The van der Waals surface area contributed by atoms with Gasteiger partial charge in [-0.2, -0.15) is 4.09 Å². The van der Waals surface area contributed by atoms with Gasteiger partial charge in [-0.05, 0) is 0 Å². The molecular weight excluding hydrogens is 99.5 g/mol. The minimum Gasteiger partial charge on any atom is -0.276 e. The fourth-order valence-electron chi connectivity index (χ4n) is 0.400. The second-order valence-corrected chi connectivity index (χ2v) is 1.64. The molecule has 1 heterocycles. The van der Waals surface area contributed by atoms with Crippen molar-refractivity contribution in [2.24, 2.45) is 0 Å². The van der Waals surface area contributed by atoms with Crippen molar-refractivity contribution in [1.29, 1.82) is 0 Å². The summed E-state index contributed by atoms with van der Waals surface area (Å²) in [5.41, 5.74) is 0. The maximum atomic E-state index is 5.43. The van der Waals surface area contributed by atoms with Gasteiger partial charge in [0.2, 0.25) is 6.34 Å². The molecule has 1 aliphatic rings. The molecule has 6 heavy (non-hydrogen) atoms. The number of nitrogens with zero attached hydrogens (tertiary/aromatic N) is 1. The lowest BCUT2D eigenvalue weighted by atomic mass is 10.7. The van der Waals surface area contributed by atoms with Gasteiger partial charge in [0.25, 0.3) is 0 Å². The lowest BCUT2D eigenvalue weighted by molar-refractivity contribution is -0.353. The normalized spacial score (nSPS) is 19.8. The molecule has 0 fully saturated rings. The summed E-state index contributed by atoms with van der Waals surface area (Å²) in [5.74, 6) is 0. The summed E-state index contributed by atoms with van der Waals surface area (Å²) in [6, 6.07) is 0. The van der Waals surface area contributed by atoms with Crippen molar-refractivity contribution in [1.82, 2.24) is 5.32 Å². The third-order valence-corrected chi connectivity index (χ3v) is 0.968. The molecule has 1 N–H and O–H groups in total. The molecule has 0 spiro atoms. The molecule has 0 atom stereocenters. The summed E-state index contributed by atoms with van der Waals surface area (Å²) in [5, 5.41) is 2.94. The zero-order valence-electron chi connectivity index (χ0n) is 3.32. The van der Waals surface area contributed by atoms with E-state index >= 15 is 0 Å². The Bertz CT molecular complexity index is 78.9. The van der Waals surface area contributed by atoms with Gasteiger partial charge in [-0.3, -0.25) is 5.32 Å². The third-order valence-electron chi connectivity index (χ3n) is 0.701. The van der Waals surface area contributed by atoms with E-state index in [1.165, 1.54) is 0 Å². The lowest BCUT2D eigenvalue weighted by Crippen LogP contribution is -2.05. The molecular formula is C3H6ClN2+. The van der Waals surface area contributed by atoms with Crippen LogP contribution < -0.4 is 5.32 Å². The van der Waals surface area contributed by atoms with Gasteiger partial charge in [-0.15, -0.1) is 0 Å². The Morgan fingerprint density at radius 3 is 2.83 bits per heavy atom. The highest BCUT2D eigenvalue weighted by atomic mass is 35.5. The summed E-state index contributed by atoms with van der Waals surface area (Å²) in [4.78, 5) is 0. The Labute approximate surface area is 41.5 Å². The van der Waals surface area contributed by atoms with Crippen LogP contribution in [0.15, 0.2) is 0 Å². The molecule has 34 valence electrons. The van der Waals surface area contributed by atoms with Crippen LogP contribution in [0, 0.1) is 0 Å². The quantitative estimate of drug-likeness (QED) is 0.421. The number of hydrogen-bond donors (Lipinski definition) is 1. The minimum atomic E-state index is 0.918. The van der Waals surface area contributed by atoms with Crippen molar-refractivity contribution in [3.05, 3.63) is 0 Å². The minimum absolute atomic E-state index is 0.918. The number of rotatable bonds is 0. The maximum absolute atomic E-state index is 5.43. The number of nitrogens with one attached hydrogen (secondary N) is 1. The predicted molar refractivity (Wildman–Crippen MR) is 25.0 cm³/mol. The molecule has 0 radical (unpaired) electrons. The summed E-state index contributed by atoms with van der Waals surface area (Å²) in [6.45, 7) is 1.89. The molecule has 1 rings (SSSR count). The molecule has 0 saturated heterocycles. The van der Waals surface area contributed by atoms with Crippen molar-refractivity contribution in [3.8, 4) is 0 Å². The van der Waals surface area contributed by atoms with E-state index in [0.717, 1.165) is 13.1 Å². The summed E-state index contributed by atoms with van der Waals surface area (Å²) in [6.07, 6.45) is 1.75. The van der Waals surface area contributed by atoms with E-state index < -0.39 is 0 Å². The summed E-state index contributed by atoms with van der Waals surface area (Å²) in [7, 11) is 0. The molecule has 0 aliphatic carbocycles. The molecule has 0 unspecified atom stereocenters. The topological polar surface area (TPSA) is 15.0 Å². The zero-order chi connectivity index (χ0) is 4.41. The van der Waals surface area contributed by atoms with E-state index in [9.17, 15) is 0 Å². The highest BCUT2D eigenvalue weighted by Gasteiger charge is 2.02. The Kier molecular flexibility index (Phi) is 0.965. The molecule has 2 nitrogen and oxygen atoms in total. The van der Waals surface area contributed by atoms with Crippen molar-refractivity contribution in [3.63, 3.8) is 0 Å². The van der Waals surface area contributed by atoms with Gasteiger partial charge in [-0.25, -0.2) is 0 Å². The number of hydrogen-bond acceptors (Lipinski definition) is 1. The van der Waals surface area contributed by atoms with Crippen LogP contribution in [0.25, 0.3) is 0 Å².